The molecular weight excluding hydrogens is 270 g/mol. The van der Waals surface area contributed by atoms with E-state index in [-0.39, 0.29) is 11.2 Å². The molecular formula is C14H23N5O2. The SMILES string of the molecule is CC(C)Cn1c(=O)n(CCCCN)c(=O)c2c1ncn2C. The monoisotopic (exact) mass is 293 g/mol. The Morgan fingerprint density at radius 2 is 1.95 bits per heavy atom. The van der Waals surface area contributed by atoms with E-state index < -0.39 is 0 Å². The van der Waals surface area contributed by atoms with Gasteiger partial charge in [0, 0.05) is 20.1 Å². The summed E-state index contributed by atoms with van der Waals surface area (Å²) < 4.78 is 4.58. The van der Waals surface area contributed by atoms with Gasteiger partial charge in [-0.05, 0) is 25.3 Å². The van der Waals surface area contributed by atoms with E-state index in [1.165, 1.54) is 4.57 Å². The van der Waals surface area contributed by atoms with E-state index in [1.807, 2.05) is 13.8 Å². The number of aromatic nitrogens is 4. The van der Waals surface area contributed by atoms with Gasteiger partial charge in [-0.3, -0.25) is 13.9 Å². The Balaban J connectivity index is 2.64. The van der Waals surface area contributed by atoms with Crippen molar-refractivity contribution in [1.82, 2.24) is 18.7 Å². The summed E-state index contributed by atoms with van der Waals surface area (Å²) in [6, 6.07) is 0. The lowest BCUT2D eigenvalue weighted by Gasteiger charge is -2.13. The molecule has 0 aliphatic rings. The molecule has 2 rings (SSSR count). The smallest absolute Gasteiger partial charge is 0.330 e. The maximum atomic E-state index is 12.6. The van der Waals surface area contributed by atoms with E-state index in [4.69, 9.17) is 5.73 Å². The molecule has 0 saturated carbocycles. The lowest BCUT2D eigenvalue weighted by molar-refractivity contribution is 0.479. The average Bonchev–Trinajstić information content (AvgIpc) is 2.80. The fraction of sp³-hybridized carbons (Fsp3) is 0.643. The van der Waals surface area contributed by atoms with Crippen LogP contribution in [0.15, 0.2) is 15.9 Å². The van der Waals surface area contributed by atoms with Crippen molar-refractivity contribution in [2.45, 2.75) is 39.8 Å². The largest absolute Gasteiger partial charge is 0.332 e. The fourth-order valence-electron chi connectivity index (χ4n) is 2.45. The van der Waals surface area contributed by atoms with Gasteiger partial charge < -0.3 is 10.3 Å². The number of hydrogen-bond donors (Lipinski definition) is 1. The summed E-state index contributed by atoms with van der Waals surface area (Å²) in [6.45, 7) is 5.57. The summed E-state index contributed by atoms with van der Waals surface area (Å²) in [5.41, 5.74) is 5.87. The summed E-state index contributed by atoms with van der Waals surface area (Å²) in [6.07, 6.45) is 3.09. The number of unbranched alkanes of at least 4 members (excludes halogenated alkanes) is 1. The zero-order valence-corrected chi connectivity index (χ0v) is 12.9. The molecule has 0 unspecified atom stereocenters. The Hall–Kier alpha value is -1.89. The highest BCUT2D eigenvalue weighted by molar-refractivity contribution is 5.69. The van der Waals surface area contributed by atoms with E-state index in [9.17, 15) is 9.59 Å². The average molecular weight is 293 g/mol. The molecule has 0 bridgehead atoms. The van der Waals surface area contributed by atoms with Crippen molar-refractivity contribution in [3.63, 3.8) is 0 Å². The molecule has 0 radical (unpaired) electrons. The van der Waals surface area contributed by atoms with Crippen molar-refractivity contribution >= 4 is 11.2 Å². The van der Waals surface area contributed by atoms with Crippen LogP contribution in [-0.4, -0.2) is 25.2 Å². The minimum atomic E-state index is -0.281. The van der Waals surface area contributed by atoms with E-state index in [0.29, 0.717) is 36.7 Å². The number of nitrogens with two attached hydrogens (primary N) is 1. The molecule has 0 amide bonds. The zero-order chi connectivity index (χ0) is 15.6. The fourth-order valence-corrected chi connectivity index (χ4v) is 2.45. The highest BCUT2D eigenvalue weighted by Gasteiger charge is 2.17. The Kier molecular flexibility index (Phi) is 4.62. The second-order valence-corrected chi connectivity index (χ2v) is 5.77. The molecule has 7 nitrogen and oxygen atoms in total. The van der Waals surface area contributed by atoms with Gasteiger partial charge >= 0.3 is 5.69 Å². The van der Waals surface area contributed by atoms with Crippen LogP contribution in [0.5, 0.6) is 0 Å². The molecule has 2 aromatic rings. The molecule has 0 atom stereocenters. The van der Waals surface area contributed by atoms with Gasteiger partial charge in [0.25, 0.3) is 5.56 Å². The summed E-state index contributed by atoms with van der Waals surface area (Å²) >= 11 is 0. The molecule has 0 aliphatic carbocycles. The maximum absolute atomic E-state index is 12.6. The Morgan fingerprint density at radius 1 is 1.24 bits per heavy atom. The molecule has 7 heteroatoms. The topological polar surface area (TPSA) is 87.8 Å². The van der Waals surface area contributed by atoms with Gasteiger partial charge in [0.1, 0.15) is 0 Å². The number of aryl methyl sites for hydroxylation is 1. The van der Waals surface area contributed by atoms with Crippen molar-refractivity contribution in [2.24, 2.45) is 18.7 Å². The molecule has 0 aliphatic heterocycles. The molecule has 21 heavy (non-hydrogen) atoms. The van der Waals surface area contributed by atoms with Gasteiger partial charge in [0.15, 0.2) is 11.2 Å². The van der Waals surface area contributed by atoms with Crippen molar-refractivity contribution in [2.75, 3.05) is 6.54 Å². The molecule has 116 valence electrons. The van der Waals surface area contributed by atoms with Crippen LogP contribution in [0.4, 0.5) is 0 Å². The van der Waals surface area contributed by atoms with Crippen LogP contribution in [0, 0.1) is 5.92 Å². The molecule has 0 aromatic carbocycles. The van der Waals surface area contributed by atoms with Crippen LogP contribution < -0.4 is 17.0 Å². The number of hydrogen-bond acceptors (Lipinski definition) is 4. The summed E-state index contributed by atoms with van der Waals surface area (Å²) in [4.78, 5) is 29.3. The van der Waals surface area contributed by atoms with E-state index >= 15 is 0 Å². The quantitative estimate of drug-likeness (QED) is 0.775. The molecule has 0 fully saturated rings. The highest BCUT2D eigenvalue weighted by Crippen LogP contribution is 2.07. The van der Waals surface area contributed by atoms with Crippen LogP contribution in [0.2, 0.25) is 0 Å². The highest BCUT2D eigenvalue weighted by atomic mass is 16.2. The number of nitrogens with zero attached hydrogens (tertiary/aromatic N) is 4. The third-order valence-electron chi connectivity index (χ3n) is 3.47. The van der Waals surface area contributed by atoms with Gasteiger partial charge in [0.05, 0.1) is 6.33 Å². The Bertz CT molecular complexity index is 738. The zero-order valence-electron chi connectivity index (χ0n) is 12.9. The standard InChI is InChI=1S/C14H23N5O2/c1-10(2)8-19-12-11(17(3)9-16-12)13(20)18(14(19)21)7-5-4-6-15/h9-10H,4-8,15H2,1-3H3. The van der Waals surface area contributed by atoms with E-state index in [1.54, 1.807) is 22.5 Å². The third kappa shape index (κ3) is 2.92. The summed E-state index contributed by atoms with van der Waals surface area (Å²) in [5.74, 6) is 0.294. The van der Waals surface area contributed by atoms with Gasteiger partial charge in [-0.1, -0.05) is 13.8 Å². The van der Waals surface area contributed by atoms with Gasteiger partial charge in [-0.2, -0.15) is 0 Å². The Morgan fingerprint density at radius 3 is 2.57 bits per heavy atom. The summed E-state index contributed by atoms with van der Waals surface area (Å²) in [7, 11) is 1.77. The lowest BCUT2D eigenvalue weighted by Crippen LogP contribution is -2.41. The minimum absolute atomic E-state index is 0.271. The van der Waals surface area contributed by atoms with Crippen LogP contribution >= 0.6 is 0 Å². The molecule has 0 saturated heterocycles. The van der Waals surface area contributed by atoms with E-state index in [0.717, 1.165) is 12.8 Å². The van der Waals surface area contributed by atoms with E-state index in [2.05, 4.69) is 4.98 Å². The van der Waals surface area contributed by atoms with Crippen molar-refractivity contribution < 1.29 is 0 Å². The maximum Gasteiger partial charge on any atom is 0.332 e. The predicted octanol–water partition coefficient (Wildman–Crippen LogP) is 0.292. The van der Waals surface area contributed by atoms with Crippen LogP contribution in [0.3, 0.4) is 0 Å². The first-order valence-electron chi connectivity index (χ1n) is 7.32. The van der Waals surface area contributed by atoms with Crippen molar-refractivity contribution in [3.05, 3.63) is 27.2 Å². The minimum Gasteiger partial charge on any atom is -0.330 e. The van der Waals surface area contributed by atoms with Gasteiger partial charge in [-0.15, -0.1) is 0 Å². The second kappa shape index (κ2) is 6.26. The van der Waals surface area contributed by atoms with Gasteiger partial charge in [-0.25, -0.2) is 9.78 Å². The lowest BCUT2D eigenvalue weighted by atomic mass is 10.2. The second-order valence-electron chi connectivity index (χ2n) is 5.77. The Labute approximate surface area is 123 Å². The number of imidazole rings is 1. The number of rotatable bonds is 6. The van der Waals surface area contributed by atoms with Crippen LogP contribution in [0.25, 0.3) is 11.2 Å². The summed E-state index contributed by atoms with van der Waals surface area (Å²) in [5, 5.41) is 0. The molecule has 2 aromatic heterocycles. The molecule has 0 spiro atoms. The molecule has 2 heterocycles. The first kappa shape index (κ1) is 15.5. The molecule has 2 N–H and O–H groups in total. The van der Waals surface area contributed by atoms with Crippen LogP contribution in [0.1, 0.15) is 26.7 Å². The predicted molar refractivity (Wildman–Crippen MR) is 82.4 cm³/mol. The van der Waals surface area contributed by atoms with Gasteiger partial charge in [0.2, 0.25) is 0 Å². The normalized spacial score (nSPS) is 11.7. The van der Waals surface area contributed by atoms with Crippen LogP contribution in [-0.2, 0) is 20.1 Å². The number of fused-ring (bicyclic) bond motifs is 1. The third-order valence-corrected chi connectivity index (χ3v) is 3.47. The van der Waals surface area contributed by atoms with Crippen molar-refractivity contribution in [3.8, 4) is 0 Å². The first-order valence-corrected chi connectivity index (χ1v) is 7.32. The van der Waals surface area contributed by atoms with Crippen molar-refractivity contribution in [1.29, 1.82) is 0 Å². The first-order chi connectivity index (χ1) is 9.97.